The van der Waals surface area contributed by atoms with Crippen LogP contribution in [0, 0.1) is 0 Å². The Kier molecular flexibility index (Phi) is 3.78. The van der Waals surface area contributed by atoms with Gasteiger partial charge in [0, 0.05) is 24.6 Å². The summed E-state index contributed by atoms with van der Waals surface area (Å²) in [6.07, 6.45) is 2.02. The lowest BCUT2D eigenvalue weighted by Gasteiger charge is -2.17. The molecule has 0 atom stereocenters. The molecule has 1 aromatic heterocycles. The third-order valence-corrected chi connectivity index (χ3v) is 3.34. The fraction of sp³-hybridized carbons (Fsp3) is 0.533. The minimum Gasteiger partial charge on any atom is -0.486 e. The van der Waals surface area contributed by atoms with Gasteiger partial charge in [-0.1, -0.05) is 13.8 Å². The highest BCUT2D eigenvalue weighted by molar-refractivity contribution is 5.79. The summed E-state index contributed by atoms with van der Waals surface area (Å²) in [7, 11) is 0. The van der Waals surface area contributed by atoms with E-state index in [1.54, 1.807) is 0 Å². The summed E-state index contributed by atoms with van der Waals surface area (Å²) in [6, 6.07) is 4.47. The number of nitrogens with one attached hydrogen (secondary N) is 2. The molecule has 5 heteroatoms. The molecule has 108 valence electrons. The van der Waals surface area contributed by atoms with Gasteiger partial charge in [-0.15, -0.1) is 0 Å². The Balaban J connectivity index is 1.70. The van der Waals surface area contributed by atoms with Crippen molar-refractivity contribution in [3.05, 3.63) is 18.0 Å². The lowest BCUT2D eigenvalue weighted by molar-refractivity contribution is 0.172. The maximum absolute atomic E-state index is 5.58. The van der Waals surface area contributed by atoms with Gasteiger partial charge in [0.15, 0.2) is 11.5 Å². The summed E-state index contributed by atoms with van der Waals surface area (Å²) >= 11 is 0. The minimum absolute atomic E-state index is 0.534. The van der Waals surface area contributed by atoms with Crippen molar-refractivity contribution < 1.29 is 9.47 Å². The highest BCUT2D eigenvalue weighted by Crippen LogP contribution is 2.33. The molecule has 0 amide bonds. The first-order valence-electron chi connectivity index (χ1n) is 7.24. The zero-order valence-corrected chi connectivity index (χ0v) is 12.0. The van der Waals surface area contributed by atoms with Crippen LogP contribution >= 0.6 is 0 Å². The van der Waals surface area contributed by atoms with Crippen LogP contribution in [0.3, 0.4) is 0 Å². The molecule has 5 nitrogen and oxygen atoms in total. The minimum atomic E-state index is 0.534. The predicted molar refractivity (Wildman–Crippen MR) is 78.5 cm³/mol. The molecule has 0 spiro atoms. The molecule has 0 saturated heterocycles. The largest absolute Gasteiger partial charge is 0.486 e. The molecule has 1 aliphatic heterocycles. The molecule has 0 radical (unpaired) electrons. The van der Waals surface area contributed by atoms with Gasteiger partial charge in [0.05, 0.1) is 11.0 Å². The van der Waals surface area contributed by atoms with Gasteiger partial charge in [-0.3, -0.25) is 0 Å². The average molecular weight is 275 g/mol. The Morgan fingerprint density at radius 1 is 1.25 bits per heavy atom. The fourth-order valence-corrected chi connectivity index (χ4v) is 2.36. The molecule has 1 aromatic carbocycles. The molecule has 3 rings (SSSR count). The zero-order chi connectivity index (χ0) is 13.9. The van der Waals surface area contributed by atoms with Crippen molar-refractivity contribution in [3.63, 3.8) is 0 Å². The van der Waals surface area contributed by atoms with E-state index in [0.29, 0.717) is 19.3 Å². The number of hydrogen-bond donors (Lipinski definition) is 2. The first kappa shape index (κ1) is 13.2. The quantitative estimate of drug-likeness (QED) is 0.822. The van der Waals surface area contributed by atoms with Gasteiger partial charge in [-0.05, 0) is 13.0 Å². The van der Waals surface area contributed by atoms with Crippen LogP contribution in [0.1, 0.15) is 26.1 Å². The molecule has 0 aliphatic carbocycles. The van der Waals surface area contributed by atoms with E-state index in [9.17, 15) is 0 Å². The number of aromatic amines is 1. The van der Waals surface area contributed by atoms with Crippen LogP contribution in [0.4, 0.5) is 0 Å². The van der Waals surface area contributed by atoms with Crippen LogP contribution in [0.15, 0.2) is 12.1 Å². The number of nitrogens with zero attached hydrogens (tertiary/aromatic N) is 1. The second-order valence-electron chi connectivity index (χ2n) is 5.41. The maximum Gasteiger partial charge on any atom is 0.163 e. The number of rotatable bonds is 5. The van der Waals surface area contributed by atoms with E-state index in [-0.39, 0.29) is 0 Å². The number of imidazole rings is 1. The summed E-state index contributed by atoms with van der Waals surface area (Å²) in [5.74, 6) is 2.62. The van der Waals surface area contributed by atoms with Crippen LogP contribution in [-0.2, 0) is 6.42 Å². The molecule has 2 aromatic rings. The normalized spacial score (nSPS) is 14.2. The fourth-order valence-electron chi connectivity index (χ4n) is 2.36. The van der Waals surface area contributed by atoms with Crippen molar-refractivity contribution in [1.82, 2.24) is 15.3 Å². The molecule has 1 aliphatic rings. The summed E-state index contributed by atoms with van der Waals surface area (Å²) in [5, 5.41) is 3.41. The van der Waals surface area contributed by atoms with Crippen molar-refractivity contribution >= 4 is 11.0 Å². The number of aryl methyl sites for hydroxylation is 1. The van der Waals surface area contributed by atoms with Gasteiger partial charge in [0.2, 0.25) is 0 Å². The molecule has 0 bridgehead atoms. The molecule has 0 unspecified atom stereocenters. The standard InChI is InChI=1S/C15H21N3O2/c1-10(2)16-5-3-4-15-17-11-8-13-14(9-12(11)18-15)20-7-6-19-13/h8-10,16H,3-7H2,1-2H3,(H,17,18). The maximum atomic E-state index is 5.58. The van der Waals surface area contributed by atoms with E-state index in [2.05, 4.69) is 29.1 Å². The van der Waals surface area contributed by atoms with Crippen molar-refractivity contribution in [1.29, 1.82) is 0 Å². The average Bonchev–Trinajstić information content (AvgIpc) is 2.82. The summed E-state index contributed by atoms with van der Waals surface area (Å²) < 4.78 is 11.2. The third-order valence-electron chi connectivity index (χ3n) is 3.34. The van der Waals surface area contributed by atoms with Crippen molar-refractivity contribution in [2.45, 2.75) is 32.7 Å². The predicted octanol–water partition coefficient (Wildman–Crippen LogP) is 2.26. The Bertz CT molecular complexity index is 549. The Morgan fingerprint density at radius 3 is 2.75 bits per heavy atom. The van der Waals surface area contributed by atoms with Crippen LogP contribution in [-0.4, -0.2) is 35.8 Å². The van der Waals surface area contributed by atoms with Gasteiger partial charge in [0.1, 0.15) is 19.0 Å². The van der Waals surface area contributed by atoms with Gasteiger partial charge in [-0.2, -0.15) is 0 Å². The Labute approximate surface area is 118 Å². The molecule has 20 heavy (non-hydrogen) atoms. The SMILES string of the molecule is CC(C)NCCCc1nc2cc3c(cc2[nH]1)OCCO3. The number of benzene rings is 1. The molecule has 0 fully saturated rings. The van der Waals surface area contributed by atoms with Crippen LogP contribution in [0.5, 0.6) is 11.5 Å². The number of H-pyrrole nitrogens is 1. The van der Waals surface area contributed by atoms with E-state index >= 15 is 0 Å². The van der Waals surface area contributed by atoms with E-state index < -0.39 is 0 Å². The molecular formula is C15H21N3O2. The van der Waals surface area contributed by atoms with E-state index in [1.165, 1.54) is 0 Å². The van der Waals surface area contributed by atoms with Crippen LogP contribution in [0.25, 0.3) is 11.0 Å². The number of ether oxygens (including phenoxy) is 2. The molecular weight excluding hydrogens is 254 g/mol. The monoisotopic (exact) mass is 275 g/mol. The summed E-state index contributed by atoms with van der Waals surface area (Å²) in [4.78, 5) is 7.98. The smallest absolute Gasteiger partial charge is 0.163 e. The van der Waals surface area contributed by atoms with Crippen molar-refractivity contribution in [2.24, 2.45) is 0 Å². The van der Waals surface area contributed by atoms with Gasteiger partial charge in [-0.25, -0.2) is 4.98 Å². The van der Waals surface area contributed by atoms with Gasteiger partial charge < -0.3 is 19.8 Å². The highest BCUT2D eigenvalue weighted by Gasteiger charge is 2.14. The van der Waals surface area contributed by atoms with E-state index in [4.69, 9.17) is 9.47 Å². The van der Waals surface area contributed by atoms with E-state index in [1.807, 2.05) is 12.1 Å². The second-order valence-corrected chi connectivity index (χ2v) is 5.41. The third kappa shape index (κ3) is 2.88. The lowest BCUT2D eigenvalue weighted by Crippen LogP contribution is -2.24. The number of hydrogen-bond acceptors (Lipinski definition) is 4. The second kappa shape index (κ2) is 5.71. The van der Waals surface area contributed by atoms with Crippen LogP contribution in [0.2, 0.25) is 0 Å². The number of aromatic nitrogens is 2. The molecule has 2 N–H and O–H groups in total. The molecule has 2 heterocycles. The topological polar surface area (TPSA) is 59.2 Å². The highest BCUT2D eigenvalue weighted by atomic mass is 16.6. The number of fused-ring (bicyclic) bond motifs is 2. The van der Waals surface area contributed by atoms with Crippen molar-refractivity contribution in [3.8, 4) is 11.5 Å². The lowest BCUT2D eigenvalue weighted by atomic mass is 10.2. The van der Waals surface area contributed by atoms with Gasteiger partial charge in [0.25, 0.3) is 0 Å². The first-order valence-corrected chi connectivity index (χ1v) is 7.24. The zero-order valence-electron chi connectivity index (χ0n) is 12.0. The summed E-state index contributed by atoms with van der Waals surface area (Å²) in [5.41, 5.74) is 1.96. The summed E-state index contributed by atoms with van der Waals surface area (Å²) in [6.45, 7) is 6.55. The van der Waals surface area contributed by atoms with Gasteiger partial charge >= 0.3 is 0 Å². The van der Waals surface area contributed by atoms with Crippen molar-refractivity contribution in [2.75, 3.05) is 19.8 Å². The van der Waals surface area contributed by atoms with E-state index in [0.717, 1.165) is 47.7 Å². The first-order chi connectivity index (χ1) is 9.72. The Hall–Kier alpha value is -1.75. The van der Waals surface area contributed by atoms with Crippen LogP contribution < -0.4 is 14.8 Å². The molecule has 0 saturated carbocycles. The Morgan fingerprint density at radius 2 is 2.00 bits per heavy atom.